The van der Waals surface area contributed by atoms with Gasteiger partial charge >= 0.3 is 0 Å². The van der Waals surface area contributed by atoms with E-state index in [0.717, 1.165) is 6.42 Å². The molecule has 0 fully saturated rings. The second-order valence-electron chi connectivity index (χ2n) is 5.60. The summed E-state index contributed by atoms with van der Waals surface area (Å²) in [5, 5.41) is 3.36. The van der Waals surface area contributed by atoms with E-state index < -0.39 is 0 Å². The first-order valence-electron chi connectivity index (χ1n) is 7.39. The first-order chi connectivity index (χ1) is 10.2. The molecule has 1 N–H and O–H groups in total. The smallest absolute Gasteiger partial charge is 0.131 e. The van der Waals surface area contributed by atoms with Crippen LogP contribution in [0, 0.1) is 5.82 Å². The minimum Gasteiger partial charge on any atom is -0.497 e. The lowest BCUT2D eigenvalue weighted by atomic mass is 9.91. The molecule has 1 aliphatic rings. The van der Waals surface area contributed by atoms with Crippen LogP contribution in [0.25, 0.3) is 0 Å². The number of nitrogens with one attached hydrogen (secondary N) is 1. The van der Waals surface area contributed by atoms with Gasteiger partial charge in [0.1, 0.15) is 11.6 Å². The lowest BCUT2D eigenvalue weighted by Gasteiger charge is -2.21. The van der Waals surface area contributed by atoms with Gasteiger partial charge in [-0.3, -0.25) is 0 Å². The lowest BCUT2D eigenvalue weighted by molar-refractivity contribution is 0.410. The first-order valence-corrected chi connectivity index (χ1v) is 7.39. The van der Waals surface area contributed by atoms with Crippen molar-refractivity contribution in [2.24, 2.45) is 0 Å². The fraction of sp³-hybridized carbons (Fsp3) is 0.412. The van der Waals surface area contributed by atoms with E-state index in [4.69, 9.17) is 4.74 Å². The molecule has 0 spiro atoms. The number of hydrogen-bond acceptors (Lipinski definition) is 2. The summed E-state index contributed by atoms with van der Waals surface area (Å²) in [4.78, 5) is 0. The molecule has 2 aromatic rings. The first kappa shape index (κ1) is 14.1. The van der Waals surface area contributed by atoms with E-state index in [1.54, 1.807) is 19.2 Å². The van der Waals surface area contributed by atoms with Gasteiger partial charge in [-0.2, -0.15) is 0 Å². The molecule has 112 valence electrons. The molecule has 0 aliphatic heterocycles. The minimum absolute atomic E-state index is 0.216. The monoisotopic (exact) mass is 288 g/mol. The number of fused-ring (bicyclic) bond motifs is 1. The zero-order valence-electron chi connectivity index (χ0n) is 12.5. The van der Waals surface area contributed by atoms with Gasteiger partial charge in [0.15, 0.2) is 0 Å². The predicted molar refractivity (Wildman–Crippen MR) is 81.2 cm³/mol. The van der Waals surface area contributed by atoms with Crippen LogP contribution in [0.5, 0.6) is 5.75 Å². The van der Waals surface area contributed by atoms with Gasteiger partial charge in [-0.1, -0.05) is 6.07 Å². The normalized spacial score (nSPS) is 17.6. The van der Waals surface area contributed by atoms with Crippen molar-refractivity contribution in [2.45, 2.75) is 31.8 Å². The summed E-state index contributed by atoms with van der Waals surface area (Å²) in [5.74, 6) is 0.337. The molecule has 0 saturated heterocycles. The molecule has 1 unspecified atom stereocenters. The highest BCUT2D eigenvalue weighted by Crippen LogP contribution is 2.30. The summed E-state index contributed by atoms with van der Waals surface area (Å²) in [6.45, 7) is 0.555. The van der Waals surface area contributed by atoms with E-state index in [-0.39, 0.29) is 5.82 Å². The summed E-state index contributed by atoms with van der Waals surface area (Å²) >= 11 is 0. The Labute approximate surface area is 124 Å². The Kier molecular flexibility index (Phi) is 3.97. The Morgan fingerprint density at radius 3 is 2.95 bits per heavy atom. The van der Waals surface area contributed by atoms with Gasteiger partial charge in [0.05, 0.1) is 7.11 Å². The number of benzene rings is 1. The van der Waals surface area contributed by atoms with Crippen molar-refractivity contribution < 1.29 is 9.13 Å². The van der Waals surface area contributed by atoms with Gasteiger partial charge in [0.25, 0.3) is 0 Å². The standard InChI is InChI=1S/C17H21FN2O/c1-19-17-5-3-4-12-9-20(11-15(12)17)10-13-6-7-14(21-2)8-16(13)18/h6-9,11,17,19H,3-5,10H2,1-2H3. The topological polar surface area (TPSA) is 26.2 Å². The summed E-state index contributed by atoms with van der Waals surface area (Å²) in [6, 6.07) is 5.46. The van der Waals surface area contributed by atoms with Gasteiger partial charge in [-0.25, -0.2) is 4.39 Å². The maximum Gasteiger partial charge on any atom is 0.131 e. The number of hydrogen-bond donors (Lipinski definition) is 1. The van der Waals surface area contributed by atoms with Crippen LogP contribution in [0.2, 0.25) is 0 Å². The molecule has 0 saturated carbocycles. The Balaban J connectivity index is 1.84. The number of halogens is 1. The number of methoxy groups -OCH3 is 1. The Morgan fingerprint density at radius 1 is 1.38 bits per heavy atom. The average molecular weight is 288 g/mol. The van der Waals surface area contributed by atoms with E-state index >= 15 is 0 Å². The quantitative estimate of drug-likeness (QED) is 0.934. The van der Waals surface area contributed by atoms with Crippen LogP contribution in [-0.4, -0.2) is 18.7 Å². The molecule has 4 heteroatoms. The van der Waals surface area contributed by atoms with Crippen molar-refractivity contribution in [3.63, 3.8) is 0 Å². The maximum atomic E-state index is 14.0. The van der Waals surface area contributed by atoms with Crippen LogP contribution in [0.3, 0.4) is 0 Å². The van der Waals surface area contributed by atoms with Crippen LogP contribution in [0.4, 0.5) is 4.39 Å². The molecule has 0 radical (unpaired) electrons. The van der Waals surface area contributed by atoms with E-state index in [2.05, 4.69) is 22.3 Å². The SMILES string of the molecule is CNC1CCCc2cn(Cc3ccc(OC)cc3F)cc21. The molecule has 0 amide bonds. The summed E-state index contributed by atoms with van der Waals surface area (Å²) < 4.78 is 21.2. The van der Waals surface area contributed by atoms with Crippen LogP contribution in [0.1, 0.15) is 35.6 Å². The van der Waals surface area contributed by atoms with E-state index in [1.807, 2.05) is 7.05 Å². The van der Waals surface area contributed by atoms with Crippen LogP contribution in [0.15, 0.2) is 30.6 Å². The van der Waals surface area contributed by atoms with Crippen molar-refractivity contribution in [1.29, 1.82) is 0 Å². The predicted octanol–water partition coefficient (Wildman–Crippen LogP) is 3.28. The van der Waals surface area contributed by atoms with Crippen molar-refractivity contribution in [3.05, 3.63) is 53.1 Å². The maximum absolute atomic E-state index is 14.0. The van der Waals surface area contributed by atoms with Crippen molar-refractivity contribution in [3.8, 4) is 5.75 Å². The molecular formula is C17H21FN2O. The van der Waals surface area contributed by atoms with Gasteiger partial charge < -0.3 is 14.6 Å². The minimum atomic E-state index is -0.216. The van der Waals surface area contributed by atoms with Crippen molar-refractivity contribution >= 4 is 0 Å². The molecule has 3 nitrogen and oxygen atoms in total. The average Bonchev–Trinajstić information content (AvgIpc) is 2.91. The van der Waals surface area contributed by atoms with Gasteiger partial charge in [0.2, 0.25) is 0 Å². The molecular weight excluding hydrogens is 267 g/mol. The fourth-order valence-electron chi connectivity index (χ4n) is 3.12. The molecule has 1 aromatic carbocycles. The number of ether oxygens (including phenoxy) is 1. The van der Waals surface area contributed by atoms with Gasteiger partial charge in [-0.15, -0.1) is 0 Å². The molecule has 1 atom stereocenters. The largest absolute Gasteiger partial charge is 0.497 e. The third-order valence-electron chi connectivity index (χ3n) is 4.27. The summed E-state index contributed by atoms with van der Waals surface area (Å²) in [5.41, 5.74) is 3.43. The Morgan fingerprint density at radius 2 is 2.24 bits per heavy atom. The summed E-state index contributed by atoms with van der Waals surface area (Å²) in [6.07, 6.45) is 7.80. The highest BCUT2D eigenvalue weighted by Gasteiger charge is 2.20. The second kappa shape index (κ2) is 5.90. The molecule has 21 heavy (non-hydrogen) atoms. The van der Waals surface area contributed by atoms with Crippen LogP contribution >= 0.6 is 0 Å². The number of aromatic nitrogens is 1. The molecule has 1 aliphatic carbocycles. The zero-order valence-corrected chi connectivity index (χ0v) is 12.5. The van der Waals surface area contributed by atoms with E-state index in [9.17, 15) is 4.39 Å². The second-order valence-corrected chi connectivity index (χ2v) is 5.60. The number of aryl methyl sites for hydroxylation is 1. The molecule has 1 heterocycles. The van der Waals surface area contributed by atoms with Gasteiger partial charge in [0, 0.05) is 36.6 Å². The number of rotatable bonds is 4. The fourth-order valence-corrected chi connectivity index (χ4v) is 3.12. The highest BCUT2D eigenvalue weighted by atomic mass is 19.1. The van der Waals surface area contributed by atoms with Gasteiger partial charge in [-0.05, 0) is 43.5 Å². The van der Waals surface area contributed by atoms with Crippen molar-refractivity contribution in [2.75, 3.05) is 14.2 Å². The van der Waals surface area contributed by atoms with Crippen molar-refractivity contribution in [1.82, 2.24) is 9.88 Å². The molecule has 0 bridgehead atoms. The Hall–Kier alpha value is -1.81. The third-order valence-corrected chi connectivity index (χ3v) is 4.27. The van der Waals surface area contributed by atoms with Crippen LogP contribution < -0.4 is 10.1 Å². The highest BCUT2D eigenvalue weighted by molar-refractivity contribution is 5.32. The van der Waals surface area contributed by atoms with E-state index in [0.29, 0.717) is 23.9 Å². The number of nitrogens with zero attached hydrogens (tertiary/aromatic N) is 1. The Bertz CT molecular complexity index is 636. The third kappa shape index (κ3) is 2.81. The van der Waals surface area contributed by atoms with E-state index in [1.165, 1.54) is 30.0 Å². The summed E-state index contributed by atoms with van der Waals surface area (Å²) in [7, 11) is 3.55. The van der Waals surface area contributed by atoms with Crippen LogP contribution in [-0.2, 0) is 13.0 Å². The molecule has 3 rings (SSSR count). The zero-order chi connectivity index (χ0) is 14.8. The lowest BCUT2D eigenvalue weighted by Crippen LogP contribution is -2.20. The molecule has 1 aromatic heterocycles.